The van der Waals surface area contributed by atoms with Crippen LogP contribution in [0.25, 0.3) is 10.8 Å². The molecule has 6 heteroatoms. The van der Waals surface area contributed by atoms with Crippen LogP contribution in [0.5, 0.6) is 0 Å². The van der Waals surface area contributed by atoms with Gasteiger partial charge in [-0.05, 0) is 28.5 Å². The minimum Gasteiger partial charge on any atom is -0.456 e. The van der Waals surface area contributed by atoms with E-state index in [1.807, 2.05) is 12.1 Å². The zero-order valence-electron chi connectivity index (χ0n) is 11.9. The lowest BCUT2D eigenvalue weighted by atomic mass is 9.96. The molecule has 0 bridgehead atoms. The molecule has 0 aliphatic carbocycles. The first-order valence-electron chi connectivity index (χ1n) is 6.82. The zero-order chi connectivity index (χ0) is 16.6. The van der Waals surface area contributed by atoms with E-state index in [9.17, 15) is 18.0 Å². The fraction of sp³-hybridized carbons (Fsp3) is 0.118. The molecule has 1 amide bonds. The largest absolute Gasteiger partial charge is 0.456 e. The lowest BCUT2D eigenvalue weighted by Gasteiger charge is -2.09. The van der Waals surface area contributed by atoms with E-state index in [0.717, 1.165) is 11.5 Å². The summed E-state index contributed by atoms with van der Waals surface area (Å²) in [6.07, 6.45) is -4.48. The topological polar surface area (TPSA) is 56.2 Å². The van der Waals surface area contributed by atoms with Crippen LogP contribution in [0.3, 0.4) is 0 Å². The maximum atomic E-state index is 12.6. The van der Waals surface area contributed by atoms with E-state index in [2.05, 4.69) is 0 Å². The SMILES string of the molecule is NC(=O)c1c(Cc2ccc(C(F)(F)F)o2)ccc2ccccc12. The predicted octanol–water partition coefficient (Wildman–Crippen LogP) is 4.14. The van der Waals surface area contributed by atoms with Crippen molar-refractivity contribution >= 4 is 16.7 Å². The highest BCUT2D eigenvalue weighted by molar-refractivity contribution is 6.07. The predicted molar refractivity (Wildman–Crippen MR) is 79.0 cm³/mol. The third kappa shape index (κ3) is 2.92. The van der Waals surface area contributed by atoms with Gasteiger partial charge in [-0.25, -0.2) is 0 Å². The van der Waals surface area contributed by atoms with Crippen LogP contribution < -0.4 is 5.73 Å². The summed E-state index contributed by atoms with van der Waals surface area (Å²) >= 11 is 0. The molecule has 0 unspecified atom stereocenters. The molecule has 0 atom stereocenters. The Labute approximate surface area is 129 Å². The molecule has 0 aliphatic rings. The molecule has 23 heavy (non-hydrogen) atoms. The van der Waals surface area contributed by atoms with Crippen LogP contribution in [0.2, 0.25) is 0 Å². The van der Waals surface area contributed by atoms with Crippen molar-refractivity contribution in [3.8, 4) is 0 Å². The standard InChI is InChI=1S/C17H12F3NO2/c18-17(19,20)14-8-7-12(23-14)9-11-6-5-10-3-1-2-4-13(10)15(11)16(21)22/h1-8H,9H2,(H2,21,22). The highest BCUT2D eigenvalue weighted by atomic mass is 19.4. The molecule has 1 heterocycles. The fourth-order valence-electron chi connectivity index (χ4n) is 2.57. The number of benzene rings is 2. The van der Waals surface area contributed by atoms with Crippen LogP contribution in [0.4, 0.5) is 13.2 Å². The first-order valence-corrected chi connectivity index (χ1v) is 6.82. The number of primary amides is 1. The summed E-state index contributed by atoms with van der Waals surface area (Å²) in [6, 6.07) is 12.8. The average Bonchev–Trinajstić information content (AvgIpc) is 2.95. The van der Waals surface area contributed by atoms with Crippen LogP contribution in [-0.4, -0.2) is 5.91 Å². The number of carbonyl (C=O) groups excluding carboxylic acids is 1. The lowest BCUT2D eigenvalue weighted by Crippen LogP contribution is -2.14. The molecule has 0 spiro atoms. The summed E-state index contributed by atoms with van der Waals surface area (Å²) < 4.78 is 42.6. The van der Waals surface area contributed by atoms with E-state index in [4.69, 9.17) is 10.2 Å². The maximum Gasteiger partial charge on any atom is 0.449 e. The van der Waals surface area contributed by atoms with Crippen molar-refractivity contribution in [2.24, 2.45) is 5.73 Å². The van der Waals surface area contributed by atoms with Crippen molar-refractivity contribution in [2.75, 3.05) is 0 Å². The number of furan rings is 1. The number of carbonyl (C=O) groups is 1. The molecule has 0 fully saturated rings. The van der Waals surface area contributed by atoms with E-state index in [-0.39, 0.29) is 12.2 Å². The zero-order valence-corrected chi connectivity index (χ0v) is 11.9. The molecule has 0 radical (unpaired) electrons. The van der Waals surface area contributed by atoms with Gasteiger partial charge in [-0.2, -0.15) is 13.2 Å². The Bertz CT molecular complexity index is 881. The number of halogens is 3. The van der Waals surface area contributed by atoms with Crippen molar-refractivity contribution in [2.45, 2.75) is 12.6 Å². The molecule has 0 saturated heterocycles. The Kier molecular flexibility index (Phi) is 3.60. The van der Waals surface area contributed by atoms with E-state index in [1.54, 1.807) is 24.3 Å². The van der Waals surface area contributed by atoms with Crippen molar-refractivity contribution in [3.63, 3.8) is 0 Å². The van der Waals surface area contributed by atoms with Gasteiger partial charge in [0.25, 0.3) is 0 Å². The molecule has 2 aromatic carbocycles. The van der Waals surface area contributed by atoms with Crippen LogP contribution in [0.1, 0.15) is 27.4 Å². The summed E-state index contributed by atoms with van der Waals surface area (Å²) in [4.78, 5) is 11.8. The molecule has 0 aliphatic heterocycles. The Morgan fingerprint density at radius 3 is 2.43 bits per heavy atom. The second-order valence-electron chi connectivity index (χ2n) is 5.13. The van der Waals surface area contributed by atoms with Gasteiger partial charge in [-0.3, -0.25) is 4.79 Å². The molecular weight excluding hydrogens is 307 g/mol. The minimum atomic E-state index is -4.53. The number of amides is 1. The molecule has 2 N–H and O–H groups in total. The smallest absolute Gasteiger partial charge is 0.449 e. The maximum absolute atomic E-state index is 12.6. The summed E-state index contributed by atoms with van der Waals surface area (Å²) in [5.74, 6) is -1.57. The van der Waals surface area contributed by atoms with Crippen molar-refractivity contribution in [1.29, 1.82) is 0 Å². The second-order valence-corrected chi connectivity index (χ2v) is 5.13. The van der Waals surface area contributed by atoms with Gasteiger partial charge in [-0.15, -0.1) is 0 Å². The van der Waals surface area contributed by atoms with E-state index in [0.29, 0.717) is 16.5 Å². The van der Waals surface area contributed by atoms with Gasteiger partial charge in [0.1, 0.15) is 5.76 Å². The van der Waals surface area contributed by atoms with Crippen LogP contribution in [0, 0.1) is 0 Å². The average molecular weight is 319 g/mol. The Hall–Kier alpha value is -2.76. The van der Waals surface area contributed by atoms with Gasteiger partial charge in [0.05, 0.1) is 5.56 Å². The van der Waals surface area contributed by atoms with Gasteiger partial charge < -0.3 is 10.2 Å². The molecule has 118 valence electrons. The molecular formula is C17H12F3NO2. The van der Waals surface area contributed by atoms with Crippen molar-refractivity contribution in [1.82, 2.24) is 0 Å². The van der Waals surface area contributed by atoms with E-state index >= 15 is 0 Å². The molecule has 0 saturated carbocycles. The molecule has 1 aromatic heterocycles. The number of alkyl halides is 3. The second kappa shape index (κ2) is 5.46. The van der Waals surface area contributed by atoms with Crippen molar-refractivity contribution < 1.29 is 22.4 Å². The highest BCUT2D eigenvalue weighted by Gasteiger charge is 2.34. The van der Waals surface area contributed by atoms with Gasteiger partial charge in [0, 0.05) is 6.42 Å². The molecule has 3 nitrogen and oxygen atoms in total. The monoisotopic (exact) mass is 319 g/mol. The van der Waals surface area contributed by atoms with Gasteiger partial charge in [-0.1, -0.05) is 36.4 Å². The minimum absolute atomic E-state index is 0.0547. The van der Waals surface area contributed by atoms with Crippen molar-refractivity contribution in [3.05, 3.63) is 71.2 Å². The Morgan fingerprint density at radius 1 is 1.04 bits per heavy atom. The number of fused-ring (bicyclic) bond motifs is 1. The summed E-state index contributed by atoms with van der Waals surface area (Å²) in [5, 5.41) is 1.50. The number of rotatable bonds is 3. The van der Waals surface area contributed by atoms with Crippen LogP contribution in [-0.2, 0) is 12.6 Å². The summed E-state index contributed by atoms with van der Waals surface area (Å²) in [5.41, 5.74) is 6.29. The number of hydrogen-bond acceptors (Lipinski definition) is 2. The highest BCUT2D eigenvalue weighted by Crippen LogP contribution is 2.32. The van der Waals surface area contributed by atoms with Gasteiger partial charge in [0.15, 0.2) is 0 Å². The number of hydrogen-bond donors (Lipinski definition) is 1. The van der Waals surface area contributed by atoms with Gasteiger partial charge in [0.2, 0.25) is 11.7 Å². The summed E-state index contributed by atoms with van der Waals surface area (Å²) in [7, 11) is 0. The Balaban J connectivity index is 2.05. The summed E-state index contributed by atoms with van der Waals surface area (Å²) in [6.45, 7) is 0. The van der Waals surface area contributed by atoms with Crippen LogP contribution in [0.15, 0.2) is 52.9 Å². The van der Waals surface area contributed by atoms with E-state index < -0.39 is 17.8 Å². The first-order chi connectivity index (χ1) is 10.9. The quantitative estimate of drug-likeness (QED) is 0.789. The molecule has 3 aromatic rings. The third-order valence-corrected chi connectivity index (χ3v) is 3.57. The molecule has 3 rings (SSSR count). The lowest BCUT2D eigenvalue weighted by molar-refractivity contribution is -0.153. The van der Waals surface area contributed by atoms with Crippen LogP contribution >= 0.6 is 0 Å². The van der Waals surface area contributed by atoms with E-state index in [1.165, 1.54) is 6.07 Å². The Morgan fingerprint density at radius 2 is 1.78 bits per heavy atom. The first kappa shape index (κ1) is 15.1. The fourth-order valence-corrected chi connectivity index (χ4v) is 2.57. The number of nitrogens with two attached hydrogens (primary N) is 1. The third-order valence-electron chi connectivity index (χ3n) is 3.57. The van der Waals surface area contributed by atoms with Gasteiger partial charge >= 0.3 is 6.18 Å². The normalized spacial score (nSPS) is 11.8.